The molecular weight excluding hydrogens is 422 g/mol. The summed E-state index contributed by atoms with van der Waals surface area (Å²) in [6.07, 6.45) is 2.65. The van der Waals surface area contributed by atoms with Crippen molar-refractivity contribution >= 4 is 15.9 Å². The van der Waals surface area contributed by atoms with Crippen LogP contribution in [0.5, 0.6) is 5.88 Å². The molecule has 1 N–H and O–H groups in total. The number of nitrogens with one attached hydrogen (secondary N) is 1. The average molecular weight is 446 g/mol. The number of hydrogen-bond acceptors (Lipinski definition) is 8. The molecule has 0 unspecified atom stereocenters. The summed E-state index contributed by atoms with van der Waals surface area (Å²) in [5.74, 6) is 0.497. The van der Waals surface area contributed by atoms with Crippen LogP contribution in [0.1, 0.15) is 23.0 Å². The van der Waals surface area contributed by atoms with Crippen molar-refractivity contribution < 1.29 is 17.9 Å². The Morgan fingerprint density at radius 1 is 1.23 bits per heavy atom. The molecule has 0 saturated heterocycles. The molecule has 0 radical (unpaired) electrons. The van der Waals surface area contributed by atoms with Gasteiger partial charge < -0.3 is 9.64 Å². The van der Waals surface area contributed by atoms with Crippen molar-refractivity contribution in [2.45, 2.75) is 13.5 Å². The molecule has 12 heteroatoms. The lowest BCUT2D eigenvalue weighted by Crippen LogP contribution is -2.26. The fraction of sp³-hybridized carbons (Fsp3) is 0.316. The highest BCUT2D eigenvalue weighted by Crippen LogP contribution is 2.23. The minimum absolute atomic E-state index is 0.125. The minimum atomic E-state index is -3.31. The molecule has 0 bridgehead atoms. The average Bonchev–Trinajstić information content (AvgIpc) is 3.22. The number of carbonyl (C=O) groups excluding carboxylic acids is 1. The van der Waals surface area contributed by atoms with Crippen molar-refractivity contribution in [1.29, 1.82) is 0 Å². The van der Waals surface area contributed by atoms with Crippen LogP contribution in [0.15, 0.2) is 36.5 Å². The van der Waals surface area contributed by atoms with E-state index in [9.17, 15) is 13.2 Å². The van der Waals surface area contributed by atoms with Crippen LogP contribution in [-0.4, -0.2) is 71.1 Å². The number of ether oxygens (including phenoxy) is 1. The van der Waals surface area contributed by atoms with Crippen molar-refractivity contribution in [3.05, 3.63) is 47.8 Å². The second-order valence-electron chi connectivity index (χ2n) is 6.72. The fourth-order valence-electron chi connectivity index (χ4n) is 2.61. The molecule has 0 saturated carbocycles. The van der Waals surface area contributed by atoms with Gasteiger partial charge in [-0.1, -0.05) is 6.07 Å². The number of rotatable bonds is 8. The summed E-state index contributed by atoms with van der Waals surface area (Å²) in [5, 5.41) is 12.5. The summed E-state index contributed by atoms with van der Waals surface area (Å²) in [7, 11) is -0.128. The van der Waals surface area contributed by atoms with Gasteiger partial charge in [-0.2, -0.15) is 5.10 Å². The van der Waals surface area contributed by atoms with Crippen LogP contribution < -0.4 is 9.46 Å². The van der Waals surface area contributed by atoms with Crippen LogP contribution in [0, 0.1) is 0 Å². The molecule has 0 fully saturated rings. The SMILES string of the molecule is CCN(C)C(=O)c1cc(-c2ccc(CNS(C)(=O)=O)cn2)n(-c2ccc(OC)nn2)n1. The van der Waals surface area contributed by atoms with Crippen LogP contribution in [0.3, 0.4) is 0 Å². The standard InChI is InChI=1S/C19H23N7O4S/c1-5-25(2)19(27)15-10-16(26(24-15)17-8-9-18(30-3)23-22-17)14-7-6-13(11-20-14)12-21-31(4,28)29/h6-11,21H,5,12H2,1-4H3. The largest absolute Gasteiger partial charge is 0.480 e. The molecule has 3 heterocycles. The summed E-state index contributed by atoms with van der Waals surface area (Å²) in [5.41, 5.74) is 1.99. The maximum Gasteiger partial charge on any atom is 0.274 e. The minimum Gasteiger partial charge on any atom is -0.480 e. The molecular formula is C19H23N7O4S. The number of nitrogens with zero attached hydrogens (tertiary/aromatic N) is 6. The topological polar surface area (TPSA) is 132 Å². The summed E-state index contributed by atoms with van der Waals surface area (Å²) >= 11 is 0. The highest BCUT2D eigenvalue weighted by Gasteiger charge is 2.20. The van der Waals surface area contributed by atoms with E-state index in [4.69, 9.17) is 4.74 Å². The predicted octanol–water partition coefficient (Wildman–Crippen LogP) is 0.874. The van der Waals surface area contributed by atoms with Gasteiger partial charge in [-0.25, -0.2) is 17.8 Å². The third kappa shape index (κ3) is 5.41. The maximum atomic E-state index is 12.6. The second kappa shape index (κ2) is 9.18. The first-order valence-electron chi connectivity index (χ1n) is 9.35. The van der Waals surface area contributed by atoms with E-state index in [1.165, 1.54) is 11.8 Å². The zero-order valence-electron chi connectivity index (χ0n) is 17.6. The van der Waals surface area contributed by atoms with Crippen molar-refractivity contribution in [1.82, 2.24) is 34.6 Å². The Balaban J connectivity index is 2.00. The van der Waals surface area contributed by atoms with Crippen LogP contribution >= 0.6 is 0 Å². The quantitative estimate of drug-likeness (QED) is 0.540. The van der Waals surface area contributed by atoms with Crippen LogP contribution in [0.2, 0.25) is 0 Å². The Morgan fingerprint density at radius 2 is 2.00 bits per heavy atom. The third-order valence-corrected chi connectivity index (χ3v) is 5.10. The lowest BCUT2D eigenvalue weighted by Gasteiger charge is -2.11. The van der Waals surface area contributed by atoms with Crippen LogP contribution in [-0.2, 0) is 16.6 Å². The molecule has 0 atom stereocenters. The Kier molecular flexibility index (Phi) is 6.61. The number of sulfonamides is 1. The van der Waals surface area contributed by atoms with Gasteiger partial charge in [-0.05, 0) is 30.7 Å². The van der Waals surface area contributed by atoms with Crippen LogP contribution in [0.25, 0.3) is 17.2 Å². The van der Waals surface area contributed by atoms with E-state index in [1.54, 1.807) is 48.5 Å². The van der Waals surface area contributed by atoms with E-state index in [1.807, 2.05) is 6.92 Å². The van der Waals surface area contributed by atoms with Crippen molar-refractivity contribution in [3.63, 3.8) is 0 Å². The van der Waals surface area contributed by atoms with Crippen molar-refractivity contribution in [3.8, 4) is 23.1 Å². The van der Waals surface area contributed by atoms with Gasteiger partial charge in [0, 0.05) is 32.4 Å². The molecule has 3 aromatic rings. The van der Waals surface area contributed by atoms with E-state index >= 15 is 0 Å². The molecule has 3 rings (SSSR count). The Hall–Kier alpha value is -3.38. The van der Waals surface area contributed by atoms with Gasteiger partial charge in [0.05, 0.1) is 24.8 Å². The van der Waals surface area contributed by atoms with Crippen molar-refractivity contribution in [2.75, 3.05) is 27.0 Å². The molecule has 0 aromatic carbocycles. The number of carbonyl (C=O) groups is 1. The summed E-state index contributed by atoms with van der Waals surface area (Å²) in [4.78, 5) is 18.6. The number of methoxy groups -OCH3 is 1. The molecule has 1 amide bonds. The van der Waals surface area contributed by atoms with Gasteiger partial charge in [0.1, 0.15) is 0 Å². The molecule has 164 valence electrons. The number of pyridine rings is 1. The highest BCUT2D eigenvalue weighted by atomic mass is 32.2. The monoisotopic (exact) mass is 445 g/mol. The maximum absolute atomic E-state index is 12.6. The Bertz CT molecular complexity index is 1160. The van der Waals surface area contributed by atoms with E-state index in [0.29, 0.717) is 35.2 Å². The normalized spacial score (nSPS) is 11.4. The van der Waals surface area contributed by atoms with Crippen LogP contribution in [0.4, 0.5) is 0 Å². The Labute approximate surface area is 180 Å². The summed E-state index contributed by atoms with van der Waals surface area (Å²) < 4.78 is 31.5. The molecule has 11 nitrogen and oxygen atoms in total. The van der Waals surface area contributed by atoms with E-state index in [-0.39, 0.29) is 18.1 Å². The van der Waals surface area contributed by atoms with Crippen molar-refractivity contribution in [2.24, 2.45) is 0 Å². The van der Waals surface area contributed by atoms with Gasteiger partial charge in [-0.3, -0.25) is 9.78 Å². The zero-order chi connectivity index (χ0) is 22.6. The van der Waals surface area contributed by atoms with E-state index < -0.39 is 10.0 Å². The lowest BCUT2D eigenvalue weighted by molar-refractivity contribution is 0.0796. The smallest absolute Gasteiger partial charge is 0.274 e. The molecule has 31 heavy (non-hydrogen) atoms. The lowest BCUT2D eigenvalue weighted by atomic mass is 10.2. The van der Waals surface area contributed by atoms with E-state index in [0.717, 1.165) is 6.26 Å². The first kappa shape index (κ1) is 22.3. The number of aromatic nitrogens is 5. The van der Waals surface area contributed by atoms with Gasteiger partial charge in [-0.15, -0.1) is 10.2 Å². The van der Waals surface area contributed by atoms with Gasteiger partial charge in [0.2, 0.25) is 15.9 Å². The molecule has 0 aliphatic carbocycles. The molecule has 0 aliphatic rings. The van der Waals surface area contributed by atoms with E-state index in [2.05, 4.69) is 25.0 Å². The second-order valence-corrected chi connectivity index (χ2v) is 8.56. The Morgan fingerprint density at radius 3 is 2.55 bits per heavy atom. The van der Waals surface area contributed by atoms with Gasteiger partial charge >= 0.3 is 0 Å². The first-order chi connectivity index (χ1) is 14.7. The zero-order valence-corrected chi connectivity index (χ0v) is 18.4. The molecule has 0 aliphatic heterocycles. The third-order valence-electron chi connectivity index (χ3n) is 4.43. The van der Waals surface area contributed by atoms with Gasteiger partial charge in [0.15, 0.2) is 11.5 Å². The van der Waals surface area contributed by atoms with Gasteiger partial charge in [0.25, 0.3) is 5.91 Å². The molecule has 0 spiro atoms. The molecule has 3 aromatic heterocycles. The summed E-state index contributed by atoms with van der Waals surface area (Å²) in [6, 6.07) is 8.42. The predicted molar refractivity (Wildman–Crippen MR) is 113 cm³/mol. The number of hydrogen-bond donors (Lipinski definition) is 1. The number of amides is 1. The highest BCUT2D eigenvalue weighted by molar-refractivity contribution is 7.88. The first-order valence-corrected chi connectivity index (χ1v) is 11.2. The fourth-order valence-corrected chi connectivity index (χ4v) is 3.04. The summed E-state index contributed by atoms with van der Waals surface area (Å²) in [6.45, 7) is 2.53.